The van der Waals surface area contributed by atoms with Crippen molar-refractivity contribution >= 4 is 17.8 Å². The Hall–Kier alpha value is -2.95. The van der Waals surface area contributed by atoms with Gasteiger partial charge in [-0.3, -0.25) is 14.5 Å². The molecule has 110 valence electrons. The van der Waals surface area contributed by atoms with Gasteiger partial charge in [-0.25, -0.2) is 4.79 Å². The molecular formula is C17H13NO4. The zero-order valence-corrected chi connectivity index (χ0v) is 11.9. The van der Waals surface area contributed by atoms with Gasteiger partial charge in [0.2, 0.25) is 0 Å². The van der Waals surface area contributed by atoms with Crippen LogP contribution in [-0.2, 0) is 4.79 Å². The van der Waals surface area contributed by atoms with Crippen molar-refractivity contribution in [1.29, 1.82) is 0 Å². The Kier molecular flexibility index (Phi) is 3.47. The Balaban J connectivity index is 1.75. The number of imide groups is 1. The number of para-hydroxylation sites is 1. The van der Waals surface area contributed by atoms with Crippen LogP contribution in [0.1, 0.15) is 26.3 Å². The van der Waals surface area contributed by atoms with Gasteiger partial charge < -0.3 is 4.74 Å². The van der Waals surface area contributed by atoms with Gasteiger partial charge in [0.15, 0.2) is 0 Å². The van der Waals surface area contributed by atoms with E-state index >= 15 is 0 Å². The lowest BCUT2D eigenvalue weighted by atomic mass is 10.1. The molecule has 22 heavy (non-hydrogen) atoms. The molecule has 0 N–H and O–H groups in total. The monoisotopic (exact) mass is 295 g/mol. The van der Waals surface area contributed by atoms with Crippen LogP contribution in [0.2, 0.25) is 0 Å². The van der Waals surface area contributed by atoms with E-state index in [4.69, 9.17) is 4.74 Å². The summed E-state index contributed by atoms with van der Waals surface area (Å²) in [5.41, 5.74) is 1.44. The molecule has 0 saturated carbocycles. The summed E-state index contributed by atoms with van der Waals surface area (Å²) in [6.07, 6.45) is 0. The van der Waals surface area contributed by atoms with Crippen LogP contribution in [0.3, 0.4) is 0 Å². The van der Waals surface area contributed by atoms with Gasteiger partial charge >= 0.3 is 5.97 Å². The van der Waals surface area contributed by atoms with Gasteiger partial charge in [0, 0.05) is 0 Å². The van der Waals surface area contributed by atoms with Gasteiger partial charge in [0.25, 0.3) is 11.8 Å². The van der Waals surface area contributed by atoms with Crippen molar-refractivity contribution < 1.29 is 19.1 Å². The number of hydrogen-bond acceptors (Lipinski definition) is 4. The van der Waals surface area contributed by atoms with Crippen molar-refractivity contribution in [1.82, 2.24) is 4.90 Å². The van der Waals surface area contributed by atoms with E-state index in [-0.39, 0.29) is 0 Å². The molecule has 0 bridgehead atoms. The Bertz CT molecular complexity index is 747. The molecule has 0 unspecified atom stereocenters. The minimum atomic E-state index is -0.649. The Morgan fingerprint density at radius 2 is 1.50 bits per heavy atom. The average Bonchev–Trinajstić information content (AvgIpc) is 2.75. The Morgan fingerprint density at radius 1 is 0.955 bits per heavy atom. The summed E-state index contributed by atoms with van der Waals surface area (Å²) in [6, 6.07) is 13.6. The highest BCUT2D eigenvalue weighted by molar-refractivity contribution is 6.22. The number of esters is 1. The summed E-state index contributed by atoms with van der Waals surface area (Å²) in [7, 11) is 0. The lowest BCUT2D eigenvalue weighted by Gasteiger charge is -2.13. The third kappa shape index (κ3) is 2.37. The van der Waals surface area contributed by atoms with Crippen LogP contribution in [-0.4, -0.2) is 29.2 Å². The summed E-state index contributed by atoms with van der Waals surface area (Å²) in [5.74, 6) is -1.17. The van der Waals surface area contributed by atoms with Gasteiger partial charge in [0.1, 0.15) is 12.3 Å². The molecule has 2 aromatic carbocycles. The molecular weight excluding hydrogens is 282 g/mol. The van der Waals surface area contributed by atoms with E-state index in [2.05, 4.69) is 0 Å². The highest BCUT2D eigenvalue weighted by Crippen LogP contribution is 2.22. The standard InChI is InChI=1S/C17H13NO4/c1-11-6-2-5-9-14(11)22-15(19)10-18-16(20)12-7-3-4-8-13(12)17(18)21/h2-9H,10H2,1H3. The lowest BCUT2D eigenvalue weighted by Crippen LogP contribution is -2.36. The van der Waals surface area contributed by atoms with Crippen LogP contribution in [0.25, 0.3) is 0 Å². The normalized spacial score (nSPS) is 13.2. The third-order valence-corrected chi connectivity index (χ3v) is 3.48. The number of rotatable bonds is 3. The number of carbonyl (C=O) groups is 3. The molecule has 2 amide bonds. The average molecular weight is 295 g/mol. The molecule has 3 rings (SSSR count). The van der Waals surface area contributed by atoms with Crippen molar-refractivity contribution in [2.75, 3.05) is 6.54 Å². The van der Waals surface area contributed by atoms with Gasteiger partial charge in [-0.15, -0.1) is 0 Å². The van der Waals surface area contributed by atoms with Crippen LogP contribution < -0.4 is 4.74 Å². The quantitative estimate of drug-likeness (QED) is 0.495. The van der Waals surface area contributed by atoms with Crippen molar-refractivity contribution in [2.45, 2.75) is 6.92 Å². The first-order valence-corrected chi connectivity index (χ1v) is 6.79. The molecule has 0 atom stereocenters. The second-order valence-electron chi connectivity index (χ2n) is 4.98. The summed E-state index contributed by atoms with van der Waals surface area (Å²) < 4.78 is 5.22. The molecule has 5 nitrogen and oxygen atoms in total. The molecule has 5 heteroatoms. The number of ether oxygens (including phenoxy) is 1. The topological polar surface area (TPSA) is 63.7 Å². The largest absolute Gasteiger partial charge is 0.425 e. The first kappa shape index (κ1) is 14.0. The second-order valence-corrected chi connectivity index (χ2v) is 4.98. The van der Waals surface area contributed by atoms with Crippen molar-refractivity contribution in [2.24, 2.45) is 0 Å². The number of amides is 2. The van der Waals surface area contributed by atoms with Crippen molar-refractivity contribution in [3.63, 3.8) is 0 Å². The number of carbonyl (C=O) groups excluding carboxylic acids is 3. The fraction of sp³-hybridized carbons (Fsp3) is 0.118. The lowest BCUT2D eigenvalue weighted by molar-refractivity contribution is -0.134. The molecule has 0 spiro atoms. The summed E-state index contributed by atoms with van der Waals surface area (Å²) >= 11 is 0. The zero-order valence-electron chi connectivity index (χ0n) is 11.9. The molecule has 0 saturated heterocycles. The summed E-state index contributed by atoms with van der Waals surface area (Å²) in [6.45, 7) is 1.41. The first-order valence-electron chi connectivity index (χ1n) is 6.79. The molecule has 0 aromatic heterocycles. The van der Waals surface area contributed by atoms with Crippen LogP contribution in [0, 0.1) is 6.92 Å². The van der Waals surface area contributed by atoms with Gasteiger partial charge in [-0.1, -0.05) is 30.3 Å². The van der Waals surface area contributed by atoms with Crippen molar-refractivity contribution in [3.05, 3.63) is 65.2 Å². The number of benzene rings is 2. The highest BCUT2D eigenvalue weighted by atomic mass is 16.5. The highest BCUT2D eigenvalue weighted by Gasteiger charge is 2.36. The molecule has 1 heterocycles. The van der Waals surface area contributed by atoms with Crippen LogP contribution >= 0.6 is 0 Å². The second kappa shape index (κ2) is 5.44. The van der Waals surface area contributed by atoms with E-state index < -0.39 is 24.3 Å². The molecule has 0 fully saturated rings. The predicted molar refractivity (Wildman–Crippen MR) is 78.6 cm³/mol. The minimum absolute atomic E-state index is 0.316. The molecule has 2 aromatic rings. The van der Waals surface area contributed by atoms with E-state index in [1.54, 1.807) is 36.4 Å². The van der Waals surface area contributed by atoms with E-state index in [1.807, 2.05) is 19.1 Å². The molecule has 0 aliphatic carbocycles. The minimum Gasteiger partial charge on any atom is -0.425 e. The number of fused-ring (bicyclic) bond motifs is 1. The summed E-state index contributed by atoms with van der Waals surface area (Å²) in [4.78, 5) is 37.2. The Morgan fingerprint density at radius 3 is 2.09 bits per heavy atom. The first-order chi connectivity index (χ1) is 10.6. The smallest absolute Gasteiger partial charge is 0.331 e. The van der Waals surface area contributed by atoms with Crippen molar-refractivity contribution in [3.8, 4) is 5.75 Å². The van der Waals surface area contributed by atoms with Crippen LogP contribution in [0.4, 0.5) is 0 Å². The third-order valence-electron chi connectivity index (χ3n) is 3.48. The van der Waals surface area contributed by atoms with E-state index in [9.17, 15) is 14.4 Å². The zero-order chi connectivity index (χ0) is 15.7. The molecule has 1 aliphatic heterocycles. The SMILES string of the molecule is Cc1ccccc1OC(=O)CN1C(=O)c2ccccc2C1=O. The number of aryl methyl sites for hydroxylation is 1. The van der Waals surface area contributed by atoms with Gasteiger partial charge in [-0.05, 0) is 30.7 Å². The van der Waals surface area contributed by atoms with E-state index in [0.717, 1.165) is 10.5 Å². The van der Waals surface area contributed by atoms with Gasteiger partial charge in [0.05, 0.1) is 11.1 Å². The molecule has 0 radical (unpaired) electrons. The number of nitrogens with zero attached hydrogens (tertiary/aromatic N) is 1. The van der Waals surface area contributed by atoms with Crippen LogP contribution in [0.5, 0.6) is 5.75 Å². The predicted octanol–water partition coefficient (Wildman–Crippen LogP) is 2.20. The maximum Gasteiger partial charge on any atom is 0.331 e. The Labute approximate surface area is 127 Å². The van der Waals surface area contributed by atoms with E-state index in [1.165, 1.54) is 0 Å². The molecule has 1 aliphatic rings. The number of hydrogen-bond donors (Lipinski definition) is 0. The maximum absolute atomic E-state index is 12.2. The fourth-order valence-corrected chi connectivity index (χ4v) is 2.34. The van der Waals surface area contributed by atoms with E-state index in [0.29, 0.717) is 16.9 Å². The van der Waals surface area contributed by atoms with Crippen LogP contribution in [0.15, 0.2) is 48.5 Å². The maximum atomic E-state index is 12.2. The van der Waals surface area contributed by atoms with Gasteiger partial charge in [-0.2, -0.15) is 0 Å². The fourth-order valence-electron chi connectivity index (χ4n) is 2.34. The summed E-state index contributed by atoms with van der Waals surface area (Å²) in [5, 5.41) is 0.